The summed E-state index contributed by atoms with van der Waals surface area (Å²) in [6.07, 6.45) is 1.75. The fraction of sp³-hybridized carbons (Fsp3) is 0.176. The van der Waals surface area contributed by atoms with E-state index in [-0.39, 0.29) is 0 Å². The van der Waals surface area contributed by atoms with Crippen molar-refractivity contribution in [2.75, 3.05) is 18.8 Å². The highest BCUT2D eigenvalue weighted by atomic mass is 35.5. The predicted molar refractivity (Wildman–Crippen MR) is 97.9 cm³/mol. The smallest absolute Gasteiger partial charge is 0.129 e. The van der Waals surface area contributed by atoms with E-state index in [0.29, 0.717) is 5.15 Å². The number of pyridine rings is 2. The van der Waals surface area contributed by atoms with Crippen LogP contribution in [0, 0.1) is 0 Å². The van der Waals surface area contributed by atoms with Crippen LogP contribution in [-0.4, -0.2) is 29.0 Å². The number of halogens is 1. The van der Waals surface area contributed by atoms with E-state index in [0.717, 1.165) is 33.7 Å². The normalized spacial score (nSPS) is 11.1. The quantitative estimate of drug-likeness (QED) is 0.546. The molecule has 0 atom stereocenters. The second kappa shape index (κ2) is 7.17. The number of hydrogen-bond acceptors (Lipinski definition) is 5. The third kappa shape index (κ3) is 4.13. The summed E-state index contributed by atoms with van der Waals surface area (Å²) < 4.78 is 3.36. The molecule has 2 heterocycles. The van der Waals surface area contributed by atoms with Crippen molar-refractivity contribution >= 4 is 40.1 Å². The fourth-order valence-electron chi connectivity index (χ4n) is 2.22. The summed E-state index contributed by atoms with van der Waals surface area (Å²) in [5.41, 5.74) is 3.01. The molecule has 0 aliphatic rings. The molecule has 3 aromatic rings. The van der Waals surface area contributed by atoms with E-state index >= 15 is 0 Å². The predicted octanol–water partition coefficient (Wildman–Crippen LogP) is 4.46. The van der Waals surface area contributed by atoms with Crippen LogP contribution >= 0.6 is 23.5 Å². The van der Waals surface area contributed by atoms with Gasteiger partial charge in [0, 0.05) is 23.0 Å². The number of fused-ring (bicyclic) bond motifs is 1. The molecule has 4 nitrogen and oxygen atoms in total. The summed E-state index contributed by atoms with van der Waals surface area (Å²) in [6.45, 7) is 0.818. The number of aromatic nitrogens is 2. The fourth-order valence-corrected chi connectivity index (χ4v) is 2.96. The first-order valence-corrected chi connectivity index (χ1v) is 8.39. The Balaban J connectivity index is 1.85. The van der Waals surface area contributed by atoms with Gasteiger partial charge in [-0.3, -0.25) is 0 Å². The Hall–Kier alpha value is -1.82. The van der Waals surface area contributed by atoms with Gasteiger partial charge in [0.05, 0.1) is 16.9 Å². The molecule has 0 fully saturated rings. The number of anilines is 1. The molecule has 0 radical (unpaired) electrons. The van der Waals surface area contributed by atoms with Gasteiger partial charge in [0.2, 0.25) is 0 Å². The second-order valence-corrected chi connectivity index (χ2v) is 6.71. The molecule has 2 aromatic heterocycles. The maximum Gasteiger partial charge on any atom is 0.129 e. The Kier molecular flexibility index (Phi) is 5.00. The molecule has 1 aromatic carbocycles. The van der Waals surface area contributed by atoms with Crippen molar-refractivity contribution in [3.8, 4) is 0 Å². The molecular formula is C17H17ClN4S. The van der Waals surface area contributed by atoms with E-state index < -0.39 is 0 Å². The molecule has 0 saturated carbocycles. The molecule has 23 heavy (non-hydrogen) atoms. The van der Waals surface area contributed by atoms with Gasteiger partial charge in [0.15, 0.2) is 0 Å². The molecule has 3 rings (SSSR count). The van der Waals surface area contributed by atoms with Crippen molar-refractivity contribution in [3.05, 3.63) is 59.5 Å². The zero-order valence-corrected chi connectivity index (χ0v) is 14.5. The SMILES string of the molecule is CN(C)Cc1ccc2cccc(NSc3ccc(Cl)nc3)c2n1. The van der Waals surface area contributed by atoms with Crippen molar-refractivity contribution in [2.45, 2.75) is 11.4 Å². The van der Waals surface area contributed by atoms with Gasteiger partial charge >= 0.3 is 0 Å². The molecule has 0 aliphatic carbocycles. The molecule has 1 N–H and O–H groups in total. The number of nitrogens with zero attached hydrogens (tertiary/aromatic N) is 3. The average molecular weight is 345 g/mol. The Labute approximate surface area is 145 Å². The third-order valence-electron chi connectivity index (χ3n) is 3.24. The van der Waals surface area contributed by atoms with Crippen LogP contribution in [0.4, 0.5) is 5.69 Å². The summed E-state index contributed by atoms with van der Waals surface area (Å²) in [6, 6.07) is 14.0. The topological polar surface area (TPSA) is 41.0 Å². The number of benzene rings is 1. The average Bonchev–Trinajstić information content (AvgIpc) is 2.54. The lowest BCUT2D eigenvalue weighted by Crippen LogP contribution is -2.11. The second-order valence-electron chi connectivity index (χ2n) is 5.44. The summed E-state index contributed by atoms with van der Waals surface area (Å²) in [7, 11) is 4.08. The lowest BCUT2D eigenvalue weighted by atomic mass is 10.2. The van der Waals surface area contributed by atoms with Gasteiger partial charge in [-0.15, -0.1) is 0 Å². The summed E-state index contributed by atoms with van der Waals surface area (Å²) >= 11 is 7.31. The highest BCUT2D eigenvalue weighted by Gasteiger charge is 2.05. The highest BCUT2D eigenvalue weighted by Crippen LogP contribution is 2.27. The van der Waals surface area contributed by atoms with Crippen LogP contribution in [-0.2, 0) is 6.54 Å². The lowest BCUT2D eigenvalue weighted by Gasteiger charge is -2.12. The van der Waals surface area contributed by atoms with Gasteiger partial charge < -0.3 is 9.62 Å². The minimum Gasteiger partial charge on any atom is -0.324 e. The number of hydrogen-bond donors (Lipinski definition) is 1. The maximum absolute atomic E-state index is 5.81. The van der Waals surface area contributed by atoms with Crippen LogP contribution in [0.25, 0.3) is 10.9 Å². The van der Waals surface area contributed by atoms with Crippen molar-refractivity contribution in [1.82, 2.24) is 14.9 Å². The van der Waals surface area contributed by atoms with E-state index in [1.165, 1.54) is 11.9 Å². The largest absolute Gasteiger partial charge is 0.324 e. The van der Waals surface area contributed by atoms with E-state index in [1.54, 1.807) is 12.3 Å². The Bertz CT molecular complexity index is 805. The third-order valence-corrected chi connectivity index (χ3v) is 4.26. The van der Waals surface area contributed by atoms with Crippen LogP contribution in [0.3, 0.4) is 0 Å². The van der Waals surface area contributed by atoms with Crippen LogP contribution in [0.1, 0.15) is 5.69 Å². The Morgan fingerprint density at radius 3 is 2.74 bits per heavy atom. The first-order valence-electron chi connectivity index (χ1n) is 7.19. The van der Waals surface area contributed by atoms with Gasteiger partial charge in [0.25, 0.3) is 0 Å². The standard InChI is InChI=1S/C17H17ClN4S/c1-22(2)11-13-7-6-12-4-3-5-15(17(12)20-13)21-23-14-8-9-16(18)19-10-14/h3-10,21H,11H2,1-2H3. The van der Waals surface area contributed by atoms with E-state index in [4.69, 9.17) is 16.6 Å². The molecule has 0 amide bonds. The van der Waals surface area contributed by atoms with Gasteiger partial charge in [-0.25, -0.2) is 9.97 Å². The molecule has 0 bridgehead atoms. The van der Waals surface area contributed by atoms with Gasteiger partial charge in [-0.1, -0.05) is 29.8 Å². The lowest BCUT2D eigenvalue weighted by molar-refractivity contribution is 0.397. The van der Waals surface area contributed by atoms with Gasteiger partial charge in [-0.05, 0) is 50.3 Å². The number of nitrogens with one attached hydrogen (secondary N) is 1. The zero-order valence-electron chi connectivity index (χ0n) is 13.0. The monoisotopic (exact) mass is 344 g/mol. The molecule has 118 valence electrons. The van der Waals surface area contributed by atoms with E-state index in [9.17, 15) is 0 Å². The highest BCUT2D eigenvalue weighted by molar-refractivity contribution is 8.00. The van der Waals surface area contributed by atoms with Gasteiger partial charge in [0.1, 0.15) is 5.15 Å². The van der Waals surface area contributed by atoms with Crippen molar-refractivity contribution in [3.63, 3.8) is 0 Å². The maximum atomic E-state index is 5.81. The van der Waals surface area contributed by atoms with E-state index in [1.807, 2.05) is 32.3 Å². The molecular weight excluding hydrogens is 328 g/mol. The summed E-state index contributed by atoms with van der Waals surface area (Å²) in [4.78, 5) is 12.0. The minimum absolute atomic E-state index is 0.495. The van der Waals surface area contributed by atoms with E-state index in [2.05, 4.69) is 32.8 Å². The van der Waals surface area contributed by atoms with Crippen LogP contribution < -0.4 is 4.72 Å². The molecule has 0 unspecified atom stereocenters. The minimum atomic E-state index is 0.495. The Morgan fingerprint density at radius 2 is 2.00 bits per heavy atom. The van der Waals surface area contributed by atoms with Gasteiger partial charge in [-0.2, -0.15) is 0 Å². The molecule has 0 aliphatic heterocycles. The van der Waals surface area contributed by atoms with Crippen LogP contribution in [0.5, 0.6) is 0 Å². The van der Waals surface area contributed by atoms with Crippen molar-refractivity contribution in [1.29, 1.82) is 0 Å². The zero-order chi connectivity index (χ0) is 16.2. The first-order chi connectivity index (χ1) is 11.1. The molecule has 6 heteroatoms. The number of para-hydroxylation sites is 1. The van der Waals surface area contributed by atoms with Crippen LogP contribution in [0.15, 0.2) is 53.6 Å². The van der Waals surface area contributed by atoms with Crippen molar-refractivity contribution < 1.29 is 0 Å². The molecule has 0 spiro atoms. The van der Waals surface area contributed by atoms with Crippen LogP contribution in [0.2, 0.25) is 5.15 Å². The molecule has 0 saturated heterocycles. The first kappa shape index (κ1) is 16.1. The summed E-state index contributed by atoms with van der Waals surface area (Å²) in [5, 5.41) is 1.61. The Morgan fingerprint density at radius 1 is 1.13 bits per heavy atom. The number of rotatable bonds is 5. The summed E-state index contributed by atoms with van der Waals surface area (Å²) in [5.74, 6) is 0. The van der Waals surface area contributed by atoms with Crippen molar-refractivity contribution in [2.24, 2.45) is 0 Å².